The zero-order valence-corrected chi connectivity index (χ0v) is 22.3. The summed E-state index contributed by atoms with van der Waals surface area (Å²) in [6, 6.07) is 12.8. The summed E-state index contributed by atoms with van der Waals surface area (Å²) in [4.78, 5) is 31.1. The number of rotatable bonds is 7. The van der Waals surface area contributed by atoms with Crippen molar-refractivity contribution in [3.8, 4) is 28.3 Å². The van der Waals surface area contributed by atoms with Gasteiger partial charge in [-0.1, -0.05) is 18.6 Å². The molecule has 6 rings (SSSR count). The molecule has 10 heteroatoms. The van der Waals surface area contributed by atoms with Crippen LogP contribution in [0.25, 0.3) is 22.5 Å². The summed E-state index contributed by atoms with van der Waals surface area (Å²) in [5.41, 5.74) is 7.23. The summed E-state index contributed by atoms with van der Waals surface area (Å²) in [6.45, 7) is 7.16. The number of piperidine rings is 1. The minimum Gasteiger partial charge on any atom is -0.492 e. The van der Waals surface area contributed by atoms with Gasteiger partial charge in [-0.2, -0.15) is 5.10 Å². The fraction of sp³-hybridized carbons (Fsp3) is 0.414. The highest BCUT2D eigenvalue weighted by atomic mass is 16.5. The van der Waals surface area contributed by atoms with E-state index in [0.717, 1.165) is 62.7 Å². The molecule has 1 aromatic heterocycles. The van der Waals surface area contributed by atoms with Crippen molar-refractivity contribution < 1.29 is 14.3 Å². The van der Waals surface area contributed by atoms with E-state index in [-0.39, 0.29) is 11.8 Å². The van der Waals surface area contributed by atoms with Gasteiger partial charge >= 0.3 is 6.03 Å². The second kappa shape index (κ2) is 11.2. The fourth-order valence-corrected chi connectivity index (χ4v) is 5.60. The number of ketones is 1. The molecular formula is C29H35N7O3. The van der Waals surface area contributed by atoms with Crippen molar-refractivity contribution in [2.24, 2.45) is 0 Å². The number of piperazine rings is 1. The molecule has 3 N–H and O–H groups in total. The standard InChI is InChI=1S/C29H35N7O3/c1-34-14-16-36(17-15-34)33-29(38)30-23-7-5-6-22-24(23)28(37)25-26(31-32-27(22)25)20-8-10-21(11-9-20)39-19-18-35-12-3-2-4-13-35/h5-11H,2-4,12-19H2,1H3,(H,31,32)(H2,30,33,38). The Bertz CT molecular complexity index is 1340. The summed E-state index contributed by atoms with van der Waals surface area (Å²) < 4.78 is 5.97. The number of carbonyl (C=O) groups excluding carboxylic acids is 2. The van der Waals surface area contributed by atoms with E-state index in [2.05, 4.69) is 37.8 Å². The minimum absolute atomic E-state index is 0.152. The molecule has 3 aromatic rings. The number of amides is 2. The van der Waals surface area contributed by atoms with Crippen LogP contribution in [0, 0.1) is 0 Å². The third-order valence-electron chi connectivity index (χ3n) is 7.82. The highest BCUT2D eigenvalue weighted by molar-refractivity contribution is 6.26. The normalized spacial score (nSPS) is 18.0. The van der Waals surface area contributed by atoms with Crippen LogP contribution in [-0.4, -0.2) is 96.3 Å². The van der Waals surface area contributed by atoms with Crippen LogP contribution < -0.4 is 15.5 Å². The maximum absolute atomic E-state index is 13.7. The van der Waals surface area contributed by atoms with E-state index < -0.39 is 0 Å². The summed E-state index contributed by atoms with van der Waals surface area (Å²) in [6.07, 6.45) is 3.87. The van der Waals surface area contributed by atoms with Gasteiger partial charge in [0.2, 0.25) is 0 Å². The molecule has 0 radical (unpaired) electrons. The average molecular weight is 530 g/mol. The molecule has 204 valence electrons. The lowest BCUT2D eigenvalue weighted by atomic mass is 10.0. The largest absolute Gasteiger partial charge is 0.492 e. The maximum Gasteiger partial charge on any atom is 0.333 e. The monoisotopic (exact) mass is 529 g/mol. The lowest BCUT2D eigenvalue weighted by Crippen LogP contribution is -2.53. The smallest absolute Gasteiger partial charge is 0.333 e. The number of aromatic nitrogens is 2. The van der Waals surface area contributed by atoms with Crippen molar-refractivity contribution in [1.82, 2.24) is 30.4 Å². The van der Waals surface area contributed by atoms with Gasteiger partial charge in [0.05, 0.1) is 22.5 Å². The van der Waals surface area contributed by atoms with Crippen LogP contribution in [0.4, 0.5) is 10.5 Å². The average Bonchev–Trinajstić information content (AvgIpc) is 3.51. The number of hydrazine groups is 1. The van der Waals surface area contributed by atoms with E-state index >= 15 is 0 Å². The zero-order chi connectivity index (χ0) is 26.8. The first-order valence-corrected chi connectivity index (χ1v) is 13.8. The molecule has 0 atom stereocenters. The molecule has 0 saturated carbocycles. The second-order valence-corrected chi connectivity index (χ2v) is 10.5. The third-order valence-corrected chi connectivity index (χ3v) is 7.82. The summed E-state index contributed by atoms with van der Waals surface area (Å²) in [5, 5.41) is 12.3. The van der Waals surface area contributed by atoms with Gasteiger partial charge in [0, 0.05) is 43.9 Å². The number of likely N-dealkylation sites (N-methyl/N-ethyl adjacent to an activating group) is 1. The summed E-state index contributed by atoms with van der Waals surface area (Å²) in [5.74, 6) is 0.650. The molecule has 1 aliphatic carbocycles. The number of hydrogen-bond acceptors (Lipinski definition) is 7. The fourth-order valence-electron chi connectivity index (χ4n) is 5.60. The molecular weight excluding hydrogens is 494 g/mol. The number of nitrogens with zero attached hydrogens (tertiary/aromatic N) is 4. The highest BCUT2D eigenvalue weighted by Crippen LogP contribution is 2.43. The molecule has 3 aliphatic rings. The quantitative estimate of drug-likeness (QED) is 0.337. The number of carbonyl (C=O) groups is 2. The molecule has 0 spiro atoms. The Balaban J connectivity index is 1.13. The number of ether oxygens (including phenoxy) is 1. The molecule has 2 aromatic carbocycles. The van der Waals surface area contributed by atoms with E-state index in [1.807, 2.05) is 41.4 Å². The number of nitrogens with one attached hydrogen (secondary N) is 3. The maximum atomic E-state index is 13.7. The van der Waals surface area contributed by atoms with Crippen LogP contribution >= 0.6 is 0 Å². The lowest BCUT2D eigenvalue weighted by Gasteiger charge is -2.32. The molecule has 2 saturated heterocycles. The van der Waals surface area contributed by atoms with E-state index in [1.165, 1.54) is 19.3 Å². The van der Waals surface area contributed by atoms with Crippen LogP contribution in [0.15, 0.2) is 42.5 Å². The lowest BCUT2D eigenvalue weighted by molar-refractivity contribution is 0.104. The van der Waals surface area contributed by atoms with Gasteiger partial charge in [-0.25, -0.2) is 9.80 Å². The van der Waals surface area contributed by atoms with Gasteiger partial charge in [-0.3, -0.25) is 20.2 Å². The van der Waals surface area contributed by atoms with Gasteiger partial charge in [0.1, 0.15) is 18.1 Å². The van der Waals surface area contributed by atoms with Crippen molar-refractivity contribution in [2.45, 2.75) is 19.3 Å². The first-order chi connectivity index (χ1) is 19.1. The number of anilines is 1. The third kappa shape index (κ3) is 5.40. The predicted octanol–water partition coefficient (Wildman–Crippen LogP) is 3.44. The first-order valence-electron chi connectivity index (χ1n) is 13.8. The van der Waals surface area contributed by atoms with E-state index in [1.54, 1.807) is 6.07 Å². The summed E-state index contributed by atoms with van der Waals surface area (Å²) >= 11 is 0. The molecule has 0 unspecified atom stereocenters. The number of fused-ring (bicyclic) bond motifs is 3. The SMILES string of the molecule is CN1CCN(NC(=O)Nc2cccc3c2C(=O)c2c(-c4ccc(OCCN5CCCCC5)cc4)n[nH]c2-3)CC1. The predicted molar refractivity (Wildman–Crippen MR) is 150 cm³/mol. The van der Waals surface area contributed by atoms with Crippen LogP contribution in [-0.2, 0) is 0 Å². The van der Waals surface area contributed by atoms with Crippen LogP contribution in [0.1, 0.15) is 35.2 Å². The molecule has 39 heavy (non-hydrogen) atoms. The molecule has 0 bridgehead atoms. The van der Waals surface area contributed by atoms with Crippen LogP contribution in [0.2, 0.25) is 0 Å². The molecule has 2 fully saturated rings. The van der Waals surface area contributed by atoms with Gasteiger partial charge in [-0.05, 0) is 63.3 Å². The Hall–Kier alpha value is -3.73. The Kier molecular flexibility index (Phi) is 7.32. The Morgan fingerprint density at radius 1 is 0.974 bits per heavy atom. The van der Waals surface area contributed by atoms with Gasteiger partial charge < -0.3 is 15.0 Å². The van der Waals surface area contributed by atoms with Crippen LogP contribution in [0.3, 0.4) is 0 Å². The van der Waals surface area contributed by atoms with Crippen molar-refractivity contribution >= 4 is 17.5 Å². The number of urea groups is 1. The Morgan fingerprint density at radius 2 is 1.74 bits per heavy atom. The van der Waals surface area contributed by atoms with Gasteiger partial charge in [0.15, 0.2) is 5.78 Å². The zero-order valence-electron chi connectivity index (χ0n) is 22.3. The first kappa shape index (κ1) is 25.5. The van der Waals surface area contributed by atoms with Crippen molar-refractivity contribution in [3.05, 3.63) is 53.6 Å². The minimum atomic E-state index is -0.356. The molecule has 2 aliphatic heterocycles. The van der Waals surface area contributed by atoms with Gasteiger partial charge in [0.25, 0.3) is 0 Å². The highest BCUT2D eigenvalue weighted by Gasteiger charge is 2.35. The Labute approximate surface area is 228 Å². The second-order valence-electron chi connectivity index (χ2n) is 10.5. The number of benzene rings is 2. The van der Waals surface area contributed by atoms with E-state index in [9.17, 15) is 9.59 Å². The Morgan fingerprint density at radius 3 is 2.51 bits per heavy atom. The number of H-pyrrole nitrogens is 1. The van der Waals surface area contributed by atoms with E-state index in [4.69, 9.17) is 4.74 Å². The van der Waals surface area contributed by atoms with Crippen molar-refractivity contribution in [1.29, 1.82) is 0 Å². The number of aromatic amines is 1. The van der Waals surface area contributed by atoms with Crippen LogP contribution in [0.5, 0.6) is 5.75 Å². The van der Waals surface area contributed by atoms with Crippen molar-refractivity contribution in [3.63, 3.8) is 0 Å². The van der Waals surface area contributed by atoms with E-state index in [0.29, 0.717) is 34.8 Å². The molecule has 3 heterocycles. The van der Waals surface area contributed by atoms with Gasteiger partial charge in [-0.15, -0.1) is 0 Å². The summed E-state index contributed by atoms with van der Waals surface area (Å²) in [7, 11) is 2.06. The number of hydrogen-bond donors (Lipinski definition) is 3. The molecule has 10 nitrogen and oxygen atoms in total. The molecule has 2 amide bonds. The number of likely N-dealkylation sites (tertiary alicyclic amines) is 1. The topological polar surface area (TPSA) is 106 Å². The van der Waals surface area contributed by atoms with Crippen molar-refractivity contribution in [2.75, 3.05) is 64.8 Å².